The van der Waals surface area contributed by atoms with Crippen LogP contribution in [0.4, 0.5) is 0 Å². The minimum Gasteiger partial charge on any atom is -0.382 e. The van der Waals surface area contributed by atoms with Crippen LogP contribution in [0, 0.1) is 0 Å². The molecule has 0 aromatic heterocycles. The Morgan fingerprint density at radius 1 is 1.15 bits per heavy atom. The predicted molar refractivity (Wildman–Crippen MR) is 52.7 cm³/mol. The summed E-state index contributed by atoms with van der Waals surface area (Å²) in [4.78, 5) is 0. The maximum absolute atomic E-state index is 5.54. The van der Waals surface area contributed by atoms with E-state index in [1.165, 1.54) is 5.56 Å². The fourth-order valence-corrected chi connectivity index (χ4v) is 1.13. The summed E-state index contributed by atoms with van der Waals surface area (Å²) in [7, 11) is 1.68. The van der Waals surface area contributed by atoms with E-state index in [0.29, 0.717) is 13.2 Å². The quantitative estimate of drug-likeness (QED) is 0.648. The van der Waals surface area contributed by atoms with Crippen LogP contribution in [0.5, 0.6) is 0 Å². The van der Waals surface area contributed by atoms with Gasteiger partial charge in [-0.25, -0.2) is 0 Å². The van der Waals surface area contributed by atoms with Gasteiger partial charge in [-0.15, -0.1) is 0 Å². The number of hydrogen-bond donors (Lipinski definition) is 0. The maximum Gasteiger partial charge on any atom is 0.0797 e. The molecule has 2 heteroatoms. The van der Waals surface area contributed by atoms with E-state index in [1.54, 1.807) is 7.11 Å². The minimum absolute atomic E-state index is 0.149. The van der Waals surface area contributed by atoms with Crippen LogP contribution in [-0.2, 0) is 9.47 Å². The summed E-state index contributed by atoms with van der Waals surface area (Å²) in [6.45, 7) is 3.34. The molecule has 1 unspecified atom stereocenters. The highest BCUT2D eigenvalue weighted by Crippen LogP contribution is 2.15. The Balaban J connectivity index is 2.35. The number of benzene rings is 1. The number of rotatable bonds is 5. The highest BCUT2D eigenvalue weighted by Gasteiger charge is 2.03. The molecule has 1 atom stereocenters. The molecule has 0 aliphatic rings. The lowest BCUT2D eigenvalue weighted by Gasteiger charge is -2.12. The standard InChI is InChI=1S/C11H16O2/c1-10(13-9-8-12-2)11-6-4-3-5-7-11/h3-7,10H,8-9H2,1-2H3. The van der Waals surface area contributed by atoms with Gasteiger partial charge in [0.15, 0.2) is 0 Å². The molecule has 2 nitrogen and oxygen atoms in total. The van der Waals surface area contributed by atoms with E-state index in [4.69, 9.17) is 9.47 Å². The van der Waals surface area contributed by atoms with Crippen LogP contribution < -0.4 is 0 Å². The SMILES string of the molecule is COCCOC(C)c1ccccc1. The van der Waals surface area contributed by atoms with E-state index in [2.05, 4.69) is 12.1 Å². The lowest BCUT2D eigenvalue weighted by molar-refractivity contribution is 0.0256. The van der Waals surface area contributed by atoms with Gasteiger partial charge in [0, 0.05) is 7.11 Å². The van der Waals surface area contributed by atoms with Crippen LogP contribution in [0.25, 0.3) is 0 Å². The van der Waals surface area contributed by atoms with E-state index < -0.39 is 0 Å². The van der Waals surface area contributed by atoms with E-state index >= 15 is 0 Å². The second-order valence-electron chi connectivity index (χ2n) is 2.92. The molecule has 72 valence electrons. The van der Waals surface area contributed by atoms with Crippen LogP contribution in [-0.4, -0.2) is 20.3 Å². The topological polar surface area (TPSA) is 18.5 Å². The van der Waals surface area contributed by atoms with Crippen molar-refractivity contribution in [2.24, 2.45) is 0 Å². The Morgan fingerprint density at radius 2 is 1.85 bits per heavy atom. The van der Waals surface area contributed by atoms with Crippen LogP contribution in [0.15, 0.2) is 30.3 Å². The molecule has 0 heterocycles. The summed E-state index contributed by atoms with van der Waals surface area (Å²) >= 11 is 0. The van der Waals surface area contributed by atoms with E-state index in [1.807, 2.05) is 25.1 Å². The molecule has 0 bridgehead atoms. The molecule has 0 fully saturated rings. The van der Waals surface area contributed by atoms with Gasteiger partial charge in [-0.05, 0) is 12.5 Å². The first kappa shape index (κ1) is 10.2. The van der Waals surface area contributed by atoms with Gasteiger partial charge in [-0.1, -0.05) is 30.3 Å². The van der Waals surface area contributed by atoms with Gasteiger partial charge in [0.05, 0.1) is 19.3 Å². The zero-order valence-electron chi connectivity index (χ0n) is 8.19. The third kappa shape index (κ3) is 3.57. The zero-order chi connectivity index (χ0) is 9.52. The molecule has 0 aliphatic carbocycles. The highest BCUT2D eigenvalue weighted by molar-refractivity contribution is 5.16. The smallest absolute Gasteiger partial charge is 0.0797 e. The van der Waals surface area contributed by atoms with Gasteiger partial charge >= 0.3 is 0 Å². The maximum atomic E-state index is 5.54. The number of hydrogen-bond acceptors (Lipinski definition) is 2. The van der Waals surface area contributed by atoms with Gasteiger partial charge in [-0.2, -0.15) is 0 Å². The monoisotopic (exact) mass is 180 g/mol. The second-order valence-corrected chi connectivity index (χ2v) is 2.92. The van der Waals surface area contributed by atoms with Gasteiger partial charge < -0.3 is 9.47 Å². The average Bonchev–Trinajstić information content (AvgIpc) is 2.19. The summed E-state index contributed by atoms with van der Waals surface area (Å²) in [5, 5.41) is 0. The Hall–Kier alpha value is -0.860. The molecule has 0 aliphatic heterocycles. The van der Waals surface area contributed by atoms with Gasteiger partial charge in [0.2, 0.25) is 0 Å². The first-order valence-electron chi connectivity index (χ1n) is 4.50. The molecular weight excluding hydrogens is 164 g/mol. The van der Waals surface area contributed by atoms with Gasteiger partial charge in [0.25, 0.3) is 0 Å². The largest absolute Gasteiger partial charge is 0.382 e. The summed E-state index contributed by atoms with van der Waals surface area (Å²) in [5.74, 6) is 0. The molecular formula is C11H16O2. The fourth-order valence-electron chi connectivity index (χ4n) is 1.13. The molecule has 13 heavy (non-hydrogen) atoms. The lowest BCUT2D eigenvalue weighted by atomic mass is 10.1. The summed E-state index contributed by atoms with van der Waals surface area (Å²) in [6, 6.07) is 10.2. The second kappa shape index (κ2) is 5.73. The van der Waals surface area contributed by atoms with Gasteiger partial charge in [-0.3, -0.25) is 0 Å². The van der Waals surface area contributed by atoms with Crippen molar-refractivity contribution in [2.75, 3.05) is 20.3 Å². The fraction of sp³-hybridized carbons (Fsp3) is 0.455. The first-order valence-corrected chi connectivity index (χ1v) is 4.50. The average molecular weight is 180 g/mol. The third-order valence-electron chi connectivity index (χ3n) is 1.92. The Bertz CT molecular complexity index is 221. The molecule has 0 radical (unpaired) electrons. The van der Waals surface area contributed by atoms with Crippen LogP contribution in [0.2, 0.25) is 0 Å². The predicted octanol–water partition coefficient (Wildman–Crippen LogP) is 2.41. The van der Waals surface area contributed by atoms with E-state index in [-0.39, 0.29) is 6.10 Å². The van der Waals surface area contributed by atoms with E-state index in [0.717, 1.165) is 0 Å². The third-order valence-corrected chi connectivity index (χ3v) is 1.92. The molecule has 1 rings (SSSR count). The zero-order valence-corrected chi connectivity index (χ0v) is 8.19. The Kier molecular flexibility index (Phi) is 4.50. The van der Waals surface area contributed by atoms with Crippen molar-refractivity contribution in [3.05, 3.63) is 35.9 Å². The van der Waals surface area contributed by atoms with Crippen LogP contribution in [0.1, 0.15) is 18.6 Å². The molecule has 0 saturated heterocycles. The van der Waals surface area contributed by atoms with E-state index in [9.17, 15) is 0 Å². The normalized spacial score (nSPS) is 12.8. The van der Waals surface area contributed by atoms with Gasteiger partial charge in [0.1, 0.15) is 0 Å². The molecule has 1 aromatic carbocycles. The summed E-state index contributed by atoms with van der Waals surface area (Å²) in [5.41, 5.74) is 1.21. The molecule has 0 amide bonds. The van der Waals surface area contributed by atoms with Crippen molar-refractivity contribution in [1.29, 1.82) is 0 Å². The lowest BCUT2D eigenvalue weighted by Crippen LogP contribution is -2.05. The minimum atomic E-state index is 0.149. The van der Waals surface area contributed by atoms with Crippen molar-refractivity contribution in [3.63, 3.8) is 0 Å². The first-order chi connectivity index (χ1) is 6.34. The molecule has 0 saturated carbocycles. The van der Waals surface area contributed by atoms with Crippen molar-refractivity contribution in [2.45, 2.75) is 13.0 Å². The van der Waals surface area contributed by atoms with Crippen molar-refractivity contribution in [3.8, 4) is 0 Å². The summed E-state index contributed by atoms with van der Waals surface area (Å²) < 4.78 is 10.4. The Morgan fingerprint density at radius 3 is 2.46 bits per heavy atom. The number of methoxy groups -OCH3 is 1. The molecule has 0 N–H and O–H groups in total. The molecule has 0 spiro atoms. The Labute approximate surface area is 79.5 Å². The number of ether oxygens (including phenoxy) is 2. The summed E-state index contributed by atoms with van der Waals surface area (Å²) in [6.07, 6.45) is 0.149. The highest BCUT2D eigenvalue weighted by atomic mass is 16.5. The van der Waals surface area contributed by atoms with Crippen molar-refractivity contribution < 1.29 is 9.47 Å². The van der Waals surface area contributed by atoms with Crippen molar-refractivity contribution in [1.82, 2.24) is 0 Å². The van der Waals surface area contributed by atoms with Crippen molar-refractivity contribution >= 4 is 0 Å². The van der Waals surface area contributed by atoms with Crippen LogP contribution >= 0.6 is 0 Å². The molecule has 1 aromatic rings. The van der Waals surface area contributed by atoms with Crippen LogP contribution in [0.3, 0.4) is 0 Å².